The zero-order chi connectivity index (χ0) is 21.9. The lowest BCUT2D eigenvalue weighted by molar-refractivity contribution is 0.217. The molecule has 3 unspecified atom stereocenters. The van der Waals surface area contributed by atoms with E-state index in [0.717, 1.165) is 56.8 Å². The summed E-state index contributed by atoms with van der Waals surface area (Å²) < 4.78 is 0. The molecule has 1 aromatic heterocycles. The van der Waals surface area contributed by atoms with Gasteiger partial charge in [0.05, 0.1) is 5.56 Å². The molecular formula is C25H43N5. The van der Waals surface area contributed by atoms with Crippen LogP contribution in [-0.4, -0.2) is 71.6 Å². The Morgan fingerprint density at radius 2 is 1.73 bits per heavy atom. The molecule has 0 amide bonds. The molecule has 0 saturated carbocycles. The average Bonchev–Trinajstić information content (AvgIpc) is 2.76. The van der Waals surface area contributed by atoms with Crippen LogP contribution in [0.2, 0.25) is 0 Å². The first-order valence-corrected chi connectivity index (χ1v) is 12.0. The van der Waals surface area contributed by atoms with E-state index in [4.69, 9.17) is 0 Å². The molecule has 1 fully saturated rings. The molecule has 0 bridgehead atoms. The van der Waals surface area contributed by atoms with Crippen LogP contribution in [0.25, 0.3) is 0 Å². The third-order valence-corrected chi connectivity index (χ3v) is 6.42. The van der Waals surface area contributed by atoms with Gasteiger partial charge < -0.3 is 14.7 Å². The summed E-state index contributed by atoms with van der Waals surface area (Å²) in [6.07, 6.45) is 11.9. The van der Waals surface area contributed by atoms with E-state index in [1.165, 1.54) is 19.3 Å². The van der Waals surface area contributed by atoms with Crippen molar-refractivity contribution in [2.45, 2.75) is 90.8 Å². The Hall–Kier alpha value is -1.64. The molecule has 5 heteroatoms. The Bertz CT molecular complexity index is 648. The summed E-state index contributed by atoms with van der Waals surface area (Å²) in [5.41, 5.74) is 0.915. The number of aromatic nitrogens is 2. The molecule has 0 spiro atoms. The van der Waals surface area contributed by atoms with E-state index in [2.05, 4.69) is 78.3 Å². The molecule has 1 aromatic rings. The minimum Gasteiger partial charge on any atom is -0.332 e. The molecule has 0 N–H and O–H groups in total. The summed E-state index contributed by atoms with van der Waals surface area (Å²) in [6.45, 7) is 12.3. The van der Waals surface area contributed by atoms with Crippen molar-refractivity contribution in [1.82, 2.24) is 19.8 Å². The molecule has 1 aliphatic rings. The molecule has 1 aliphatic heterocycles. The second-order valence-corrected chi connectivity index (χ2v) is 8.90. The maximum absolute atomic E-state index is 4.69. The molecule has 30 heavy (non-hydrogen) atoms. The Labute approximate surface area is 185 Å². The summed E-state index contributed by atoms with van der Waals surface area (Å²) >= 11 is 0. The second kappa shape index (κ2) is 12.9. The van der Waals surface area contributed by atoms with Crippen molar-refractivity contribution in [1.29, 1.82) is 0 Å². The SMILES string of the molecule is CCCCC(C)N(C)CCCC#Cc1cnc(N2C(CC)CN(C)CC2CC)nc1. The van der Waals surface area contributed by atoms with Gasteiger partial charge in [-0.1, -0.05) is 45.5 Å². The van der Waals surface area contributed by atoms with E-state index >= 15 is 0 Å². The highest BCUT2D eigenvalue weighted by Gasteiger charge is 2.32. The number of anilines is 1. The summed E-state index contributed by atoms with van der Waals surface area (Å²) in [5, 5.41) is 0. The number of hydrogen-bond acceptors (Lipinski definition) is 5. The molecule has 5 nitrogen and oxygen atoms in total. The van der Waals surface area contributed by atoms with Gasteiger partial charge in [0.2, 0.25) is 5.95 Å². The van der Waals surface area contributed by atoms with E-state index in [9.17, 15) is 0 Å². The molecular weight excluding hydrogens is 370 g/mol. The predicted molar refractivity (Wildman–Crippen MR) is 128 cm³/mol. The zero-order valence-electron chi connectivity index (χ0n) is 20.2. The molecule has 2 rings (SSSR count). The van der Waals surface area contributed by atoms with Gasteiger partial charge in [0.15, 0.2) is 0 Å². The van der Waals surface area contributed by atoms with Gasteiger partial charge in [0.1, 0.15) is 0 Å². The first-order valence-electron chi connectivity index (χ1n) is 12.0. The fraction of sp³-hybridized carbons (Fsp3) is 0.760. The summed E-state index contributed by atoms with van der Waals surface area (Å²) in [4.78, 5) is 16.7. The highest BCUT2D eigenvalue weighted by atomic mass is 15.4. The molecule has 3 atom stereocenters. The number of likely N-dealkylation sites (N-methyl/N-ethyl adjacent to an activating group) is 1. The standard InChI is InChI=1S/C25H43N5/c1-7-10-14-21(4)29(6)16-13-11-12-15-22-17-26-25(27-18-22)30-23(8-2)19-28(5)20-24(30)9-3/h17-18,21,23-24H,7-11,13-14,16,19-20H2,1-6H3. The van der Waals surface area contributed by atoms with Crippen molar-refractivity contribution in [3.05, 3.63) is 18.0 Å². The maximum Gasteiger partial charge on any atom is 0.225 e. The Kier molecular flexibility index (Phi) is 10.6. The Morgan fingerprint density at radius 1 is 1.10 bits per heavy atom. The third-order valence-electron chi connectivity index (χ3n) is 6.42. The van der Waals surface area contributed by atoms with Crippen molar-refractivity contribution in [2.24, 2.45) is 0 Å². The largest absolute Gasteiger partial charge is 0.332 e. The third kappa shape index (κ3) is 7.25. The monoisotopic (exact) mass is 413 g/mol. The number of piperazine rings is 1. The fourth-order valence-electron chi connectivity index (χ4n) is 4.29. The molecule has 1 saturated heterocycles. The summed E-state index contributed by atoms with van der Waals surface area (Å²) in [5.74, 6) is 7.41. The number of hydrogen-bond donors (Lipinski definition) is 0. The van der Waals surface area contributed by atoms with Gasteiger partial charge in [-0.2, -0.15) is 0 Å². The minimum absolute atomic E-state index is 0.474. The molecule has 168 valence electrons. The minimum atomic E-state index is 0.474. The van der Waals surface area contributed by atoms with Crippen LogP contribution in [0.15, 0.2) is 12.4 Å². The molecule has 2 heterocycles. The highest BCUT2D eigenvalue weighted by Crippen LogP contribution is 2.24. The smallest absolute Gasteiger partial charge is 0.225 e. The first-order chi connectivity index (χ1) is 14.5. The predicted octanol–water partition coefficient (Wildman–Crippen LogP) is 4.43. The van der Waals surface area contributed by atoms with Gasteiger partial charge in [0, 0.05) is 50.0 Å². The topological polar surface area (TPSA) is 35.5 Å². The summed E-state index contributed by atoms with van der Waals surface area (Å²) in [7, 11) is 4.44. The van der Waals surface area contributed by atoms with Crippen molar-refractivity contribution < 1.29 is 0 Å². The van der Waals surface area contributed by atoms with Crippen LogP contribution in [0.3, 0.4) is 0 Å². The van der Waals surface area contributed by atoms with Crippen LogP contribution in [0.4, 0.5) is 5.95 Å². The molecule has 0 aliphatic carbocycles. The van der Waals surface area contributed by atoms with Crippen LogP contribution in [0, 0.1) is 11.8 Å². The lowest BCUT2D eigenvalue weighted by Gasteiger charge is -2.45. The van der Waals surface area contributed by atoms with Crippen LogP contribution < -0.4 is 4.90 Å². The lowest BCUT2D eigenvalue weighted by Crippen LogP contribution is -2.58. The Balaban J connectivity index is 1.87. The van der Waals surface area contributed by atoms with Gasteiger partial charge in [0.25, 0.3) is 0 Å². The first kappa shape index (κ1) is 24.6. The number of nitrogens with zero attached hydrogens (tertiary/aromatic N) is 5. The van der Waals surface area contributed by atoms with Crippen LogP contribution >= 0.6 is 0 Å². The van der Waals surface area contributed by atoms with Gasteiger partial charge >= 0.3 is 0 Å². The van der Waals surface area contributed by atoms with Gasteiger partial charge in [-0.3, -0.25) is 0 Å². The molecule has 0 aromatic carbocycles. The van der Waals surface area contributed by atoms with Gasteiger partial charge in [-0.05, 0) is 53.2 Å². The molecule has 0 radical (unpaired) electrons. The maximum atomic E-state index is 4.69. The number of unbranched alkanes of at least 4 members (excludes halogenated alkanes) is 2. The van der Waals surface area contributed by atoms with E-state index in [-0.39, 0.29) is 0 Å². The Morgan fingerprint density at radius 3 is 2.30 bits per heavy atom. The van der Waals surface area contributed by atoms with E-state index in [1.807, 2.05) is 12.4 Å². The number of rotatable bonds is 10. The second-order valence-electron chi connectivity index (χ2n) is 8.90. The van der Waals surface area contributed by atoms with E-state index in [0.29, 0.717) is 18.1 Å². The van der Waals surface area contributed by atoms with Crippen molar-refractivity contribution >= 4 is 5.95 Å². The van der Waals surface area contributed by atoms with Crippen LogP contribution in [0.5, 0.6) is 0 Å². The highest BCUT2D eigenvalue weighted by molar-refractivity contribution is 5.38. The van der Waals surface area contributed by atoms with Crippen LogP contribution in [0.1, 0.15) is 78.2 Å². The van der Waals surface area contributed by atoms with Crippen molar-refractivity contribution in [2.75, 3.05) is 38.6 Å². The van der Waals surface area contributed by atoms with E-state index in [1.54, 1.807) is 0 Å². The zero-order valence-corrected chi connectivity index (χ0v) is 20.2. The fourth-order valence-corrected chi connectivity index (χ4v) is 4.29. The van der Waals surface area contributed by atoms with Crippen molar-refractivity contribution in [3.8, 4) is 11.8 Å². The summed E-state index contributed by atoms with van der Waals surface area (Å²) in [6, 6.07) is 1.61. The lowest BCUT2D eigenvalue weighted by atomic mass is 10.0. The van der Waals surface area contributed by atoms with E-state index < -0.39 is 0 Å². The quantitative estimate of drug-likeness (QED) is 0.419. The van der Waals surface area contributed by atoms with Gasteiger partial charge in [-0.15, -0.1) is 0 Å². The average molecular weight is 414 g/mol. The van der Waals surface area contributed by atoms with Crippen molar-refractivity contribution in [3.63, 3.8) is 0 Å². The van der Waals surface area contributed by atoms with Crippen LogP contribution in [-0.2, 0) is 0 Å². The van der Waals surface area contributed by atoms with Gasteiger partial charge in [-0.25, -0.2) is 9.97 Å². The normalized spacial score (nSPS) is 20.8.